The molecule has 0 saturated carbocycles. The first-order valence-electron chi connectivity index (χ1n) is 6.02. The number of benzene rings is 1. The van der Waals surface area contributed by atoms with Crippen LogP contribution in [0.1, 0.15) is 31.4 Å². The summed E-state index contributed by atoms with van der Waals surface area (Å²) < 4.78 is 0. The molecule has 1 rings (SSSR count). The highest BCUT2D eigenvalue weighted by Gasteiger charge is 2.15. The smallest absolute Gasteiger partial charge is 0.0740 e. The molecule has 16 heavy (non-hydrogen) atoms. The van der Waals surface area contributed by atoms with Crippen molar-refractivity contribution in [3.63, 3.8) is 0 Å². The van der Waals surface area contributed by atoms with E-state index in [4.69, 9.17) is 0 Å². The van der Waals surface area contributed by atoms with Gasteiger partial charge in [-0.25, -0.2) is 0 Å². The molecule has 0 radical (unpaired) electrons. The third kappa shape index (κ3) is 4.77. The lowest BCUT2D eigenvalue weighted by molar-refractivity contribution is 0.0561. The highest BCUT2D eigenvalue weighted by Crippen LogP contribution is 2.07. The van der Waals surface area contributed by atoms with Crippen molar-refractivity contribution in [2.45, 2.75) is 39.2 Å². The van der Waals surface area contributed by atoms with Gasteiger partial charge in [-0.3, -0.25) is 0 Å². The van der Waals surface area contributed by atoms with Gasteiger partial charge in [0.05, 0.1) is 5.60 Å². The molecule has 90 valence electrons. The zero-order valence-electron chi connectivity index (χ0n) is 10.6. The van der Waals surface area contributed by atoms with Crippen LogP contribution in [0.5, 0.6) is 0 Å². The van der Waals surface area contributed by atoms with Crippen LogP contribution in [0.4, 0.5) is 0 Å². The molecule has 0 bridgehead atoms. The lowest BCUT2D eigenvalue weighted by atomic mass is 10.0. The largest absolute Gasteiger partial charge is 0.389 e. The molecule has 0 aliphatic rings. The van der Waals surface area contributed by atoms with Gasteiger partial charge in [-0.05, 0) is 38.8 Å². The second kappa shape index (κ2) is 6.02. The molecular weight excluding hydrogens is 198 g/mol. The summed E-state index contributed by atoms with van der Waals surface area (Å²) in [4.78, 5) is 0. The molecule has 2 nitrogen and oxygen atoms in total. The quantitative estimate of drug-likeness (QED) is 0.722. The predicted octanol–water partition coefficient (Wildman–Crippen LogP) is 2.29. The van der Waals surface area contributed by atoms with E-state index >= 15 is 0 Å². The normalized spacial score (nSPS) is 14.8. The molecule has 0 amide bonds. The van der Waals surface area contributed by atoms with Crippen molar-refractivity contribution < 1.29 is 5.11 Å². The maximum atomic E-state index is 9.80. The highest BCUT2D eigenvalue weighted by molar-refractivity contribution is 5.22. The summed E-state index contributed by atoms with van der Waals surface area (Å²) in [5, 5.41) is 13.1. The monoisotopic (exact) mass is 221 g/mol. The summed E-state index contributed by atoms with van der Waals surface area (Å²) in [6, 6.07) is 8.55. The zero-order chi connectivity index (χ0) is 12.0. The number of rotatable bonds is 6. The lowest BCUT2D eigenvalue weighted by Gasteiger charge is -2.21. The second-order valence-corrected chi connectivity index (χ2v) is 4.77. The molecule has 1 aromatic carbocycles. The minimum absolute atomic E-state index is 0.577. The van der Waals surface area contributed by atoms with E-state index in [-0.39, 0.29) is 0 Å². The summed E-state index contributed by atoms with van der Waals surface area (Å²) in [7, 11) is 0. The van der Waals surface area contributed by atoms with Crippen LogP contribution in [0.25, 0.3) is 0 Å². The summed E-state index contributed by atoms with van der Waals surface area (Å²) >= 11 is 0. The molecule has 1 atom stereocenters. The van der Waals surface area contributed by atoms with E-state index in [1.54, 1.807) is 0 Å². The molecule has 2 heteroatoms. The van der Waals surface area contributed by atoms with Crippen molar-refractivity contribution in [2.75, 3.05) is 13.1 Å². The first-order valence-corrected chi connectivity index (χ1v) is 6.02. The van der Waals surface area contributed by atoms with E-state index < -0.39 is 5.60 Å². The van der Waals surface area contributed by atoms with Crippen molar-refractivity contribution in [2.24, 2.45) is 0 Å². The van der Waals surface area contributed by atoms with E-state index in [0.29, 0.717) is 6.54 Å². The van der Waals surface area contributed by atoms with Gasteiger partial charge >= 0.3 is 0 Å². The predicted molar refractivity (Wildman–Crippen MR) is 68.7 cm³/mol. The number of hydrogen-bond donors (Lipinski definition) is 2. The highest BCUT2D eigenvalue weighted by atomic mass is 16.3. The Morgan fingerprint density at radius 1 is 1.38 bits per heavy atom. The fourth-order valence-electron chi connectivity index (χ4n) is 1.58. The lowest BCUT2D eigenvalue weighted by Crippen LogP contribution is -2.37. The Morgan fingerprint density at radius 2 is 2.12 bits per heavy atom. The number of aliphatic hydroxyl groups is 1. The fraction of sp³-hybridized carbons (Fsp3) is 0.571. The number of hydrogen-bond acceptors (Lipinski definition) is 2. The Bertz CT molecular complexity index is 320. The van der Waals surface area contributed by atoms with E-state index in [9.17, 15) is 5.11 Å². The molecular formula is C14H23NO. The molecule has 0 fully saturated rings. The minimum Gasteiger partial charge on any atom is -0.389 e. The summed E-state index contributed by atoms with van der Waals surface area (Å²) in [6.45, 7) is 7.56. The SMILES string of the molecule is CCC(C)(O)CNCCc1cccc(C)c1. The van der Waals surface area contributed by atoms with E-state index in [1.807, 2.05) is 13.8 Å². The van der Waals surface area contributed by atoms with Gasteiger partial charge in [0.25, 0.3) is 0 Å². The van der Waals surface area contributed by atoms with Gasteiger partial charge in [-0.15, -0.1) is 0 Å². The fourth-order valence-corrected chi connectivity index (χ4v) is 1.58. The molecule has 0 saturated heterocycles. The van der Waals surface area contributed by atoms with Crippen molar-refractivity contribution in [1.82, 2.24) is 5.32 Å². The molecule has 1 unspecified atom stereocenters. The molecule has 0 heterocycles. The molecule has 0 aliphatic carbocycles. The van der Waals surface area contributed by atoms with Crippen LogP contribution >= 0.6 is 0 Å². The van der Waals surface area contributed by atoms with Crippen molar-refractivity contribution in [1.29, 1.82) is 0 Å². The first kappa shape index (κ1) is 13.2. The third-order valence-electron chi connectivity index (χ3n) is 2.94. The van der Waals surface area contributed by atoms with Crippen LogP contribution in [0.2, 0.25) is 0 Å². The van der Waals surface area contributed by atoms with Gasteiger partial charge in [0.15, 0.2) is 0 Å². The van der Waals surface area contributed by atoms with Gasteiger partial charge in [-0.2, -0.15) is 0 Å². The van der Waals surface area contributed by atoms with Crippen LogP contribution in [0.3, 0.4) is 0 Å². The van der Waals surface area contributed by atoms with Gasteiger partial charge in [-0.1, -0.05) is 36.8 Å². The molecule has 0 spiro atoms. The molecule has 0 aromatic heterocycles. The van der Waals surface area contributed by atoms with Gasteiger partial charge < -0.3 is 10.4 Å². The zero-order valence-corrected chi connectivity index (χ0v) is 10.6. The Balaban J connectivity index is 2.26. The van der Waals surface area contributed by atoms with Crippen LogP contribution < -0.4 is 5.32 Å². The van der Waals surface area contributed by atoms with E-state index in [2.05, 4.69) is 36.5 Å². The number of nitrogens with one attached hydrogen (secondary N) is 1. The third-order valence-corrected chi connectivity index (χ3v) is 2.94. The van der Waals surface area contributed by atoms with E-state index in [0.717, 1.165) is 19.4 Å². The number of aryl methyl sites for hydroxylation is 1. The Morgan fingerprint density at radius 3 is 2.75 bits per heavy atom. The molecule has 1 aromatic rings. The van der Waals surface area contributed by atoms with Crippen LogP contribution in [-0.4, -0.2) is 23.8 Å². The summed E-state index contributed by atoms with van der Waals surface area (Å²) in [5.74, 6) is 0. The average molecular weight is 221 g/mol. The standard InChI is InChI=1S/C14H23NO/c1-4-14(3,16)11-15-9-8-13-7-5-6-12(2)10-13/h5-7,10,15-16H,4,8-9,11H2,1-3H3. The van der Waals surface area contributed by atoms with Crippen LogP contribution in [0.15, 0.2) is 24.3 Å². The van der Waals surface area contributed by atoms with E-state index in [1.165, 1.54) is 11.1 Å². The average Bonchev–Trinajstić information content (AvgIpc) is 2.25. The molecule has 2 N–H and O–H groups in total. The van der Waals surface area contributed by atoms with Crippen LogP contribution in [0, 0.1) is 6.92 Å². The summed E-state index contributed by atoms with van der Waals surface area (Å²) in [6.07, 6.45) is 1.80. The Labute approximate surface area is 98.7 Å². The maximum Gasteiger partial charge on any atom is 0.0740 e. The van der Waals surface area contributed by atoms with Gasteiger partial charge in [0.2, 0.25) is 0 Å². The van der Waals surface area contributed by atoms with Crippen molar-refractivity contribution in [3.05, 3.63) is 35.4 Å². The Hall–Kier alpha value is -0.860. The molecule has 0 aliphatic heterocycles. The summed E-state index contributed by atoms with van der Waals surface area (Å²) in [5.41, 5.74) is 2.08. The maximum absolute atomic E-state index is 9.80. The van der Waals surface area contributed by atoms with Crippen molar-refractivity contribution >= 4 is 0 Å². The first-order chi connectivity index (χ1) is 7.53. The van der Waals surface area contributed by atoms with Gasteiger partial charge in [0.1, 0.15) is 0 Å². The topological polar surface area (TPSA) is 32.3 Å². The Kier molecular flexibility index (Phi) is 4.97. The second-order valence-electron chi connectivity index (χ2n) is 4.77. The van der Waals surface area contributed by atoms with Crippen molar-refractivity contribution in [3.8, 4) is 0 Å². The van der Waals surface area contributed by atoms with Crippen LogP contribution in [-0.2, 0) is 6.42 Å². The minimum atomic E-state index is -0.577. The van der Waals surface area contributed by atoms with Gasteiger partial charge in [0, 0.05) is 6.54 Å².